The lowest BCUT2D eigenvalue weighted by Gasteiger charge is -2.61. The summed E-state index contributed by atoms with van der Waals surface area (Å²) < 4.78 is 13.2. The van der Waals surface area contributed by atoms with Gasteiger partial charge in [0.2, 0.25) is 0 Å². The zero-order chi connectivity index (χ0) is 20.9. The monoisotopic (exact) mass is 414 g/mol. The Balaban J connectivity index is 1.27. The molecule has 2 heterocycles. The van der Waals surface area contributed by atoms with Crippen LogP contribution >= 0.6 is 0 Å². The minimum Gasteiger partial charge on any atom is -0.393 e. The molecule has 6 rings (SSSR count). The largest absolute Gasteiger partial charge is 0.393 e. The molecule has 2 saturated heterocycles. The highest BCUT2D eigenvalue weighted by molar-refractivity contribution is 5.28. The fraction of sp³-hybridized carbons (Fsp3) is 0.926. The van der Waals surface area contributed by atoms with E-state index in [1.165, 1.54) is 50.5 Å². The third-order valence-corrected chi connectivity index (χ3v) is 11.4. The van der Waals surface area contributed by atoms with Crippen molar-refractivity contribution in [2.45, 2.75) is 103 Å². The molecule has 11 atom stereocenters. The van der Waals surface area contributed by atoms with Crippen molar-refractivity contribution < 1.29 is 14.6 Å². The van der Waals surface area contributed by atoms with Crippen molar-refractivity contribution in [1.82, 2.24) is 0 Å². The lowest BCUT2D eigenvalue weighted by atomic mass is 9.44. The molecule has 2 aliphatic heterocycles. The molecule has 0 radical (unpaired) electrons. The summed E-state index contributed by atoms with van der Waals surface area (Å²) in [6, 6.07) is 0. The molecule has 3 heteroatoms. The van der Waals surface area contributed by atoms with Crippen LogP contribution in [0.2, 0.25) is 0 Å². The molecule has 4 aliphatic carbocycles. The van der Waals surface area contributed by atoms with E-state index in [0.717, 1.165) is 49.5 Å². The number of ether oxygens (including phenoxy) is 2. The molecule has 1 N–H and O–H groups in total. The first-order valence-electron chi connectivity index (χ1n) is 13.0. The highest BCUT2D eigenvalue weighted by Gasteiger charge is 2.68. The molecule has 3 nitrogen and oxygen atoms in total. The smallest absolute Gasteiger partial charge is 0.191 e. The Kier molecular flexibility index (Phi) is 4.44. The van der Waals surface area contributed by atoms with Crippen molar-refractivity contribution in [2.24, 2.45) is 46.3 Å². The van der Waals surface area contributed by atoms with Crippen molar-refractivity contribution in [2.75, 3.05) is 6.61 Å². The van der Waals surface area contributed by atoms with Gasteiger partial charge < -0.3 is 14.6 Å². The van der Waals surface area contributed by atoms with Gasteiger partial charge in [-0.2, -0.15) is 0 Å². The lowest BCUT2D eigenvalue weighted by molar-refractivity contribution is -0.237. The summed E-state index contributed by atoms with van der Waals surface area (Å²) in [5, 5.41) is 10.3. The molecule has 6 aliphatic rings. The van der Waals surface area contributed by atoms with Gasteiger partial charge in [0.1, 0.15) is 0 Å². The first-order chi connectivity index (χ1) is 14.3. The Hall–Kier alpha value is -0.380. The Morgan fingerprint density at radius 1 is 0.933 bits per heavy atom. The second kappa shape index (κ2) is 6.58. The molecule has 30 heavy (non-hydrogen) atoms. The van der Waals surface area contributed by atoms with E-state index in [9.17, 15) is 5.11 Å². The SMILES string of the molecule is C=C1[C@H]2[C@H](C[C@H]3[C@@H]4CC[C@H]5C[C@@H](O)CC[C@]5(C)[C@H]4CC[C@@]32C)O[C@]12CC[C@@H](C)CO2. The van der Waals surface area contributed by atoms with Gasteiger partial charge in [-0.15, -0.1) is 0 Å². The second-order valence-corrected chi connectivity index (χ2v) is 12.7. The molecule has 0 unspecified atom stereocenters. The van der Waals surface area contributed by atoms with Gasteiger partial charge in [0.25, 0.3) is 0 Å². The van der Waals surface area contributed by atoms with Gasteiger partial charge in [-0.1, -0.05) is 27.4 Å². The second-order valence-electron chi connectivity index (χ2n) is 12.7. The van der Waals surface area contributed by atoms with E-state index in [1.807, 2.05) is 0 Å². The number of fused-ring (bicyclic) bond motifs is 7. The van der Waals surface area contributed by atoms with Gasteiger partial charge in [0.05, 0.1) is 18.8 Å². The van der Waals surface area contributed by atoms with E-state index in [4.69, 9.17) is 9.47 Å². The number of aliphatic hydroxyl groups is 1. The van der Waals surface area contributed by atoms with Crippen LogP contribution in [0.25, 0.3) is 0 Å². The average molecular weight is 415 g/mol. The van der Waals surface area contributed by atoms with Gasteiger partial charge in [0, 0.05) is 12.3 Å². The van der Waals surface area contributed by atoms with Crippen molar-refractivity contribution in [1.29, 1.82) is 0 Å². The van der Waals surface area contributed by atoms with Crippen molar-refractivity contribution in [3.8, 4) is 0 Å². The third-order valence-electron chi connectivity index (χ3n) is 11.4. The molecule has 0 aromatic carbocycles. The Morgan fingerprint density at radius 2 is 1.73 bits per heavy atom. The number of aliphatic hydroxyl groups excluding tert-OH is 1. The maximum Gasteiger partial charge on any atom is 0.191 e. The van der Waals surface area contributed by atoms with Crippen molar-refractivity contribution >= 4 is 0 Å². The maximum absolute atomic E-state index is 10.3. The zero-order valence-electron chi connectivity index (χ0n) is 19.4. The van der Waals surface area contributed by atoms with Crippen molar-refractivity contribution in [3.63, 3.8) is 0 Å². The van der Waals surface area contributed by atoms with Gasteiger partial charge in [-0.25, -0.2) is 0 Å². The molecule has 0 bridgehead atoms. The molecule has 6 fully saturated rings. The molecular weight excluding hydrogens is 372 g/mol. The summed E-state index contributed by atoms with van der Waals surface area (Å²) in [4.78, 5) is 0. The van der Waals surface area contributed by atoms with E-state index in [-0.39, 0.29) is 6.10 Å². The summed E-state index contributed by atoms with van der Waals surface area (Å²) in [5.74, 6) is 3.83. The van der Waals surface area contributed by atoms with Crippen LogP contribution in [0, 0.1) is 46.3 Å². The van der Waals surface area contributed by atoms with Crippen LogP contribution in [0.15, 0.2) is 12.2 Å². The van der Waals surface area contributed by atoms with Crippen LogP contribution in [-0.4, -0.2) is 29.7 Å². The molecule has 4 saturated carbocycles. The molecule has 0 aromatic rings. The topological polar surface area (TPSA) is 38.7 Å². The van der Waals surface area contributed by atoms with Gasteiger partial charge in [-0.3, -0.25) is 0 Å². The average Bonchev–Trinajstić information content (AvgIpc) is 3.16. The van der Waals surface area contributed by atoms with Gasteiger partial charge in [-0.05, 0) is 104 Å². The first kappa shape index (κ1) is 20.2. The zero-order valence-corrected chi connectivity index (χ0v) is 19.4. The number of hydrogen-bond acceptors (Lipinski definition) is 3. The first-order valence-corrected chi connectivity index (χ1v) is 13.0. The van der Waals surface area contributed by atoms with Crippen LogP contribution in [0.4, 0.5) is 0 Å². The van der Waals surface area contributed by atoms with Crippen LogP contribution < -0.4 is 0 Å². The fourth-order valence-electron chi connectivity index (χ4n) is 9.74. The maximum atomic E-state index is 10.3. The number of hydrogen-bond donors (Lipinski definition) is 1. The highest BCUT2D eigenvalue weighted by Crippen LogP contribution is 2.71. The van der Waals surface area contributed by atoms with E-state index < -0.39 is 5.79 Å². The summed E-state index contributed by atoms with van der Waals surface area (Å²) in [6.07, 6.45) is 12.3. The highest BCUT2D eigenvalue weighted by atomic mass is 16.7. The minimum atomic E-state index is -0.476. The molecule has 1 spiro atoms. The molecule has 0 aromatic heterocycles. The standard InChI is InChI=1S/C27H42O3/c1-16-7-12-27(29-15-16)17(2)24-23(30-27)14-22-20-6-5-18-13-19(28)8-10-25(18,3)21(20)9-11-26(22,24)4/h16,18-24,28H,2,5-15H2,1,3-4H3/t16-,18+,19+,20-,21+,22+,23+,24+,25+,26+,27-/m1/s1. The van der Waals surface area contributed by atoms with Crippen LogP contribution in [-0.2, 0) is 9.47 Å². The summed E-state index contributed by atoms with van der Waals surface area (Å²) >= 11 is 0. The van der Waals surface area contributed by atoms with Crippen molar-refractivity contribution in [3.05, 3.63) is 12.2 Å². The fourth-order valence-corrected chi connectivity index (χ4v) is 9.74. The summed E-state index contributed by atoms with van der Waals surface area (Å²) in [7, 11) is 0. The van der Waals surface area contributed by atoms with Gasteiger partial charge in [0.15, 0.2) is 5.79 Å². The Labute approximate surface area is 183 Å². The van der Waals surface area contributed by atoms with Crippen LogP contribution in [0.5, 0.6) is 0 Å². The number of rotatable bonds is 0. The van der Waals surface area contributed by atoms with E-state index in [0.29, 0.717) is 28.8 Å². The van der Waals surface area contributed by atoms with Crippen LogP contribution in [0.1, 0.15) is 85.0 Å². The minimum absolute atomic E-state index is 0.0505. The molecule has 168 valence electrons. The lowest BCUT2D eigenvalue weighted by Crippen LogP contribution is -2.54. The van der Waals surface area contributed by atoms with Gasteiger partial charge >= 0.3 is 0 Å². The molecule has 0 amide bonds. The quantitative estimate of drug-likeness (QED) is 0.516. The summed E-state index contributed by atoms with van der Waals surface area (Å²) in [6.45, 7) is 12.9. The normalized spacial score (nSPS) is 60.1. The predicted octanol–water partition coefficient (Wildman–Crippen LogP) is 5.71. The third kappa shape index (κ3) is 2.55. The van der Waals surface area contributed by atoms with E-state index in [2.05, 4.69) is 27.4 Å². The Morgan fingerprint density at radius 3 is 2.50 bits per heavy atom. The Bertz CT molecular complexity index is 724. The van der Waals surface area contributed by atoms with Crippen LogP contribution in [0.3, 0.4) is 0 Å². The predicted molar refractivity (Wildman–Crippen MR) is 118 cm³/mol. The molecular formula is C27H42O3. The van der Waals surface area contributed by atoms with E-state index in [1.54, 1.807) is 0 Å². The van der Waals surface area contributed by atoms with E-state index >= 15 is 0 Å². The summed E-state index contributed by atoms with van der Waals surface area (Å²) in [5.41, 5.74) is 2.06.